The maximum absolute atomic E-state index is 13.0. The molecular weight excluding hydrogens is 360 g/mol. The van der Waals surface area contributed by atoms with Crippen molar-refractivity contribution in [3.63, 3.8) is 0 Å². The molecule has 4 rings (SSSR count). The summed E-state index contributed by atoms with van der Waals surface area (Å²) in [6, 6.07) is 9.52. The Hall–Kier alpha value is -3.20. The fourth-order valence-electron chi connectivity index (χ4n) is 3.72. The van der Waals surface area contributed by atoms with E-state index in [9.17, 15) is 14.7 Å². The average Bonchev–Trinajstić information content (AvgIpc) is 3.12. The van der Waals surface area contributed by atoms with Gasteiger partial charge in [0.05, 0.1) is 24.9 Å². The average molecular weight is 382 g/mol. The first-order chi connectivity index (χ1) is 13.5. The lowest BCUT2D eigenvalue weighted by Gasteiger charge is -2.31. The number of hydrazone groups is 1. The van der Waals surface area contributed by atoms with Gasteiger partial charge in [0, 0.05) is 14.1 Å². The molecule has 146 valence electrons. The Balaban J connectivity index is 2.08. The quantitative estimate of drug-likeness (QED) is 0.713. The van der Waals surface area contributed by atoms with E-state index >= 15 is 0 Å². The van der Waals surface area contributed by atoms with Gasteiger partial charge >= 0.3 is 5.69 Å². The highest BCUT2D eigenvalue weighted by molar-refractivity contribution is 6.05. The molecule has 0 aliphatic carbocycles. The SMILES string of the molecule is CC[C@H]1C(c2ccccc2)=NN(CCO)c2nc3c(c(=O)n(C)c(=O)n3C)n21. The van der Waals surface area contributed by atoms with Crippen LogP contribution in [0.4, 0.5) is 5.95 Å². The largest absolute Gasteiger partial charge is 0.394 e. The van der Waals surface area contributed by atoms with Gasteiger partial charge in [-0.15, -0.1) is 0 Å². The van der Waals surface area contributed by atoms with E-state index in [1.54, 1.807) is 12.1 Å². The second-order valence-corrected chi connectivity index (χ2v) is 6.78. The van der Waals surface area contributed by atoms with E-state index in [2.05, 4.69) is 4.98 Å². The summed E-state index contributed by atoms with van der Waals surface area (Å²) in [7, 11) is 3.06. The molecule has 1 aliphatic rings. The van der Waals surface area contributed by atoms with Gasteiger partial charge in [-0.2, -0.15) is 10.1 Å². The van der Waals surface area contributed by atoms with Gasteiger partial charge in [0.1, 0.15) is 0 Å². The number of aliphatic hydroxyl groups excluding tert-OH is 1. The number of benzene rings is 1. The highest BCUT2D eigenvalue weighted by Crippen LogP contribution is 2.33. The van der Waals surface area contributed by atoms with Crippen molar-refractivity contribution in [2.24, 2.45) is 19.2 Å². The van der Waals surface area contributed by atoms with Crippen molar-refractivity contribution < 1.29 is 5.11 Å². The number of aryl methyl sites for hydroxylation is 1. The Bertz CT molecular complexity index is 1190. The molecule has 0 unspecified atom stereocenters. The van der Waals surface area contributed by atoms with Gasteiger partial charge in [0.15, 0.2) is 11.2 Å². The molecule has 1 atom stereocenters. The van der Waals surface area contributed by atoms with E-state index in [1.807, 2.05) is 41.8 Å². The zero-order valence-electron chi connectivity index (χ0n) is 16.0. The fraction of sp³-hybridized carbons (Fsp3) is 0.368. The summed E-state index contributed by atoms with van der Waals surface area (Å²) in [6.07, 6.45) is 0.686. The van der Waals surface area contributed by atoms with Gasteiger partial charge in [0.25, 0.3) is 5.56 Å². The molecule has 3 heterocycles. The standard InChI is InChI=1S/C19H22N6O3/c1-4-13-14(12-8-6-5-7-9-12)21-24(10-11-26)18-20-16-15(25(13)18)17(27)23(3)19(28)22(16)2/h5-9,13,26H,4,10-11H2,1-3H3/t13-/m0/s1. The van der Waals surface area contributed by atoms with Crippen molar-refractivity contribution in [1.29, 1.82) is 0 Å². The first kappa shape index (κ1) is 18.2. The maximum Gasteiger partial charge on any atom is 0.332 e. The van der Waals surface area contributed by atoms with Crippen LogP contribution >= 0.6 is 0 Å². The van der Waals surface area contributed by atoms with Crippen LogP contribution in [-0.2, 0) is 14.1 Å². The molecule has 1 aromatic carbocycles. The van der Waals surface area contributed by atoms with Crippen LogP contribution in [-0.4, -0.2) is 42.7 Å². The van der Waals surface area contributed by atoms with Crippen LogP contribution in [0, 0.1) is 0 Å². The summed E-state index contributed by atoms with van der Waals surface area (Å²) in [5.74, 6) is 0.453. The van der Waals surface area contributed by atoms with E-state index < -0.39 is 11.2 Å². The summed E-state index contributed by atoms with van der Waals surface area (Å²) in [5, 5.41) is 15.9. The number of anilines is 1. The maximum atomic E-state index is 13.0. The second-order valence-electron chi connectivity index (χ2n) is 6.78. The molecule has 0 fully saturated rings. The van der Waals surface area contributed by atoms with Gasteiger partial charge in [-0.25, -0.2) is 9.80 Å². The highest BCUT2D eigenvalue weighted by atomic mass is 16.3. The first-order valence-electron chi connectivity index (χ1n) is 9.19. The number of hydrogen-bond donors (Lipinski definition) is 1. The number of aromatic nitrogens is 4. The van der Waals surface area contributed by atoms with E-state index in [-0.39, 0.29) is 19.2 Å². The van der Waals surface area contributed by atoms with Crippen molar-refractivity contribution in [2.45, 2.75) is 19.4 Å². The lowest BCUT2D eigenvalue weighted by Crippen LogP contribution is -2.39. The van der Waals surface area contributed by atoms with Gasteiger partial charge in [-0.1, -0.05) is 37.3 Å². The molecule has 0 saturated carbocycles. The van der Waals surface area contributed by atoms with Crippen LogP contribution in [0.2, 0.25) is 0 Å². The number of aliphatic hydroxyl groups is 1. The Labute approximate surface area is 160 Å². The third kappa shape index (κ3) is 2.50. The van der Waals surface area contributed by atoms with Crippen LogP contribution in [0.3, 0.4) is 0 Å². The summed E-state index contributed by atoms with van der Waals surface area (Å²) < 4.78 is 4.31. The number of nitrogens with zero attached hydrogens (tertiary/aromatic N) is 6. The predicted molar refractivity (Wildman–Crippen MR) is 107 cm³/mol. The third-order valence-corrected chi connectivity index (χ3v) is 5.13. The van der Waals surface area contributed by atoms with Crippen molar-refractivity contribution >= 4 is 22.8 Å². The van der Waals surface area contributed by atoms with Crippen molar-refractivity contribution in [3.8, 4) is 0 Å². The van der Waals surface area contributed by atoms with Crippen molar-refractivity contribution in [1.82, 2.24) is 18.7 Å². The van der Waals surface area contributed by atoms with Crippen LogP contribution in [0.5, 0.6) is 0 Å². The highest BCUT2D eigenvalue weighted by Gasteiger charge is 2.33. The smallest absolute Gasteiger partial charge is 0.332 e. The third-order valence-electron chi connectivity index (χ3n) is 5.13. The first-order valence-corrected chi connectivity index (χ1v) is 9.19. The summed E-state index contributed by atoms with van der Waals surface area (Å²) in [5.41, 5.74) is 1.57. The van der Waals surface area contributed by atoms with Gasteiger partial charge in [0.2, 0.25) is 5.95 Å². The Kier molecular flexibility index (Phi) is 4.38. The van der Waals surface area contributed by atoms with Gasteiger partial charge < -0.3 is 5.11 Å². The minimum atomic E-state index is -0.432. The molecule has 3 aromatic rings. The minimum absolute atomic E-state index is 0.123. The molecule has 28 heavy (non-hydrogen) atoms. The van der Waals surface area contributed by atoms with Crippen molar-refractivity contribution in [2.75, 3.05) is 18.2 Å². The fourth-order valence-corrected chi connectivity index (χ4v) is 3.72. The lowest BCUT2D eigenvalue weighted by atomic mass is 10.0. The summed E-state index contributed by atoms with van der Waals surface area (Å²) in [4.78, 5) is 29.9. The lowest BCUT2D eigenvalue weighted by molar-refractivity contribution is 0.300. The monoisotopic (exact) mass is 382 g/mol. The van der Waals surface area contributed by atoms with Crippen molar-refractivity contribution in [3.05, 3.63) is 56.7 Å². The van der Waals surface area contributed by atoms with Crippen LogP contribution in [0.25, 0.3) is 11.2 Å². The summed E-state index contributed by atoms with van der Waals surface area (Å²) in [6.45, 7) is 2.12. The molecule has 2 aromatic heterocycles. The van der Waals surface area contributed by atoms with Crippen LogP contribution in [0.1, 0.15) is 24.9 Å². The molecule has 0 radical (unpaired) electrons. The normalized spacial score (nSPS) is 16.4. The Morgan fingerprint density at radius 1 is 1.11 bits per heavy atom. The number of fused-ring (bicyclic) bond motifs is 3. The van der Waals surface area contributed by atoms with E-state index in [0.29, 0.717) is 23.5 Å². The topological polar surface area (TPSA) is 97.7 Å². The molecule has 1 aliphatic heterocycles. The minimum Gasteiger partial charge on any atom is -0.394 e. The van der Waals surface area contributed by atoms with E-state index in [1.165, 1.54) is 11.6 Å². The molecule has 1 N–H and O–H groups in total. The predicted octanol–water partition coefficient (Wildman–Crippen LogP) is 0.601. The molecule has 0 bridgehead atoms. The van der Waals surface area contributed by atoms with Gasteiger partial charge in [-0.05, 0) is 12.0 Å². The van der Waals surface area contributed by atoms with Gasteiger partial charge in [-0.3, -0.25) is 18.5 Å². The second kappa shape index (κ2) is 6.75. The van der Waals surface area contributed by atoms with Crippen LogP contribution in [0.15, 0.2) is 45.0 Å². The zero-order valence-corrected chi connectivity index (χ0v) is 16.0. The van der Waals surface area contributed by atoms with E-state index in [4.69, 9.17) is 5.10 Å². The zero-order chi connectivity index (χ0) is 20.0. The molecular formula is C19H22N6O3. The molecule has 9 nitrogen and oxygen atoms in total. The molecule has 0 saturated heterocycles. The summed E-state index contributed by atoms with van der Waals surface area (Å²) >= 11 is 0. The van der Waals surface area contributed by atoms with E-state index in [0.717, 1.165) is 15.8 Å². The molecule has 0 spiro atoms. The number of hydrogen-bond acceptors (Lipinski definition) is 6. The molecule has 0 amide bonds. The number of imidazole rings is 1. The molecule has 9 heteroatoms. The number of β-amino-alcohol motifs (C(OH)–C–C–N with tert-alkyl or cyclic N) is 1. The number of rotatable bonds is 4. The Morgan fingerprint density at radius 2 is 1.82 bits per heavy atom. The van der Waals surface area contributed by atoms with Crippen LogP contribution < -0.4 is 16.3 Å². The Morgan fingerprint density at radius 3 is 2.46 bits per heavy atom.